The molecule has 2 aliphatic heterocycles. The SMILES string of the molecule is CC(C)C1CCN(C(=O)C2CCNC2)CC1.Cl. The van der Waals surface area contributed by atoms with Crippen LogP contribution < -0.4 is 5.32 Å². The van der Waals surface area contributed by atoms with Crippen LogP contribution in [0.2, 0.25) is 0 Å². The molecule has 0 aromatic rings. The minimum atomic E-state index is 0. The zero-order valence-corrected chi connectivity index (χ0v) is 11.8. The summed E-state index contributed by atoms with van der Waals surface area (Å²) >= 11 is 0. The Morgan fingerprint density at radius 1 is 1.24 bits per heavy atom. The molecule has 0 aromatic carbocycles. The number of hydrogen-bond donors (Lipinski definition) is 1. The van der Waals surface area contributed by atoms with Crippen molar-refractivity contribution >= 4 is 18.3 Å². The van der Waals surface area contributed by atoms with Crippen LogP contribution in [0.15, 0.2) is 0 Å². The number of rotatable bonds is 2. The fourth-order valence-corrected chi connectivity index (χ4v) is 2.91. The molecule has 0 radical (unpaired) electrons. The summed E-state index contributed by atoms with van der Waals surface area (Å²) in [7, 11) is 0. The maximum atomic E-state index is 12.2. The van der Waals surface area contributed by atoms with E-state index in [2.05, 4.69) is 24.1 Å². The van der Waals surface area contributed by atoms with Crippen molar-refractivity contribution in [3.63, 3.8) is 0 Å². The highest BCUT2D eigenvalue weighted by Crippen LogP contribution is 2.25. The molecular formula is C13H25ClN2O. The quantitative estimate of drug-likeness (QED) is 0.823. The van der Waals surface area contributed by atoms with E-state index in [4.69, 9.17) is 0 Å². The van der Waals surface area contributed by atoms with Crippen molar-refractivity contribution in [3.8, 4) is 0 Å². The van der Waals surface area contributed by atoms with Crippen molar-refractivity contribution in [1.29, 1.82) is 0 Å². The van der Waals surface area contributed by atoms with Crippen molar-refractivity contribution < 1.29 is 4.79 Å². The number of carbonyl (C=O) groups is 1. The molecule has 100 valence electrons. The molecule has 0 aliphatic carbocycles. The fraction of sp³-hybridized carbons (Fsp3) is 0.923. The van der Waals surface area contributed by atoms with E-state index in [1.165, 1.54) is 12.8 Å². The van der Waals surface area contributed by atoms with E-state index in [1.54, 1.807) is 0 Å². The van der Waals surface area contributed by atoms with Crippen molar-refractivity contribution in [2.24, 2.45) is 17.8 Å². The second-order valence-corrected chi connectivity index (χ2v) is 5.60. The van der Waals surface area contributed by atoms with E-state index in [1.807, 2.05) is 0 Å². The van der Waals surface area contributed by atoms with Crippen molar-refractivity contribution in [3.05, 3.63) is 0 Å². The van der Waals surface area contributed by atoms with Gasteiger partial charge in [-0.25, -0.2) is 0 Å². The largest absolute Gasteiger partial charge is 0.342 e. The van der Waals surface area contributed by atoms with Gasteiger partial charge in [-0.3, -0.25) is 4.79 Å². The maximum Gasteiger partial charge on any atom is 0.227 e. The minimum Gasteiger partial charge on any atom is -0.342 e. The molecule has 2 rings (SSSR count). The van der Waals surface area contributed by atoms with Crippen LogP contribution in [0.1, 0.15) is 33.1 Å². The highest BCUT2D eigenvalue weighted by atomic mass is 35.5. The lowest BCUT2D eigenvalue weighted by molar-refractivity contribution is -0.136. The molecule has 3 nitrogen and oxygen atoms in total. The van der Waals surface area contributed by atoms with E-state index in [-0.39, 0.29) is 18.3 Å². The number of carbonyl (C=O) groups excluding carboxylic acids is 1. The van der Waals surface area contributed by atoms with Gasteiger partial charge in [0.25, 0.3) is 0 Å². The van der Waals surface area contributed by atoms with E-state index < -0.39 is 0 Å². The van der Waals surface area contributed by atoms with Gasteiger partial charge in [-0.15, -0.1) is 12.4 Å². The summed E-state index contributed by atoms with van der Waals surface area (Å²) in [6, 6.07) is 0. The summed E-state index contributed by atoms with van der Waals surface area (Å²) in [4.78, 5) is 14.3. The maximum absolute atomic E-state index is 12.2. The number of amides is 1. The summed E-state index contributed by atoms with van der Waals surface area (Å²) in [5.74, 6) is 2.25. The molecule has 0 bridgehead atoms. The number of piperidine rings is 1. The number of hydrogen-bond acceptors (Lipinski definition) is 2. The standard InChI is InChI=1S/C13H24N2O.ClH/c1-10(2)11-4-7-15(8-5-11)13(16)12-3-6-14-9-12;/h10-12,14H,3-9H2,1-2H3;1H. The molecule has 0 saturated carbocycles. The molecule has 0 aromatic heterocycles. The summed E-state index contributed by atoms with van der Waals surface area (Å²) in [5.41, 5.74) is 0. The van der Waals surface area contributed by atoms with Gasteiger partial charge in [0, 0.05) is 19.6 Å². The first kappa shape index (κ1) is 14.8. The van der Waals surface area contributed by atoms with Crippen LogP contribution in [0.5, 0.6) is 0 Å². The Labute approximate surface area is 111 Å². The number of nitrogens with one attached hydrogen (secondary N) is 1. The Hall–Kier alpha value is -0.280. The Kier molecular flexibility index (Phi) is 5.74. The molecular weight excluding hydrogens is 236 g/mol. The molecule has 17 heavy (non-hydrogen) atoms. The third-order valence-electron chi connectivity index (χ3n) is 4.20. The molecule has 1 atom stereocenters. The smallest absolute Gasteiger partial charge is 0.227 e. The van der Waals surface area contributed by atoms with Crippen LogP contribution in [0.4, 0.5) is 0 Å². The summed E-state index contributed by atoms with van der Waals surface area (Å²) in [6.07, 6.45) is 3.43. The number of halogens is 1. The van der Waals surface area contributed by atoms with Crippen LogP contribution >= 0.6 is 12.4 Å². The molecule has 1 N–H and O–H groups in total. The normalized spacial score (nSPS) is 26.1. The predicted molar refractivity (Wildman–Crippen MR) is 72.4 cm³/mol. The first-order valence-electron chi connectivity index (χ1n) is 6.68. The molecule has 2 heterocycles. The van der Waals surface area contributed by atoms with Gasteiger partial charge in [0.1, 0.15) is 0 Å². The highest BCUT2D eigenvalue weighted by Gasteiger charge is 2.30. The van der Waals surface area contributed by atoms with Crippen LogP contribution in [0, 0.1) is 17.8 Å². The van der Waals surface area contributed by atoms with Gasteiger partial charge in [0.05, 0.1) is 5.92 Å². The van der Waals surface area contributed by atoms with E-state index in [0.29, 0.717) is 5.91 Å². The van der Waals surface area contributed by atoms with Gasteiger partial charge in [-0.2, -0.15) is 0 Å². The van der Waals surface area contributed by atoms with E-state index in [0.717, 1.165) is 44.4 Å². The first-order chi connectivity index (χ1) is 7.68. The van der Waals surface area contributed by atoms with Gasteiger partial charge in [-0.05, 0) is 37.6 Å². The predicted octanol–water partition coefficient (Wildman–Crippen LogP) is 1.91. The van der Waals surface area contributed by atoms with Crippen molar-refractivity contribution in [2.75, 3.05) is 26.2 Å². The second kappa shape index (κ2) is 6.60. The van der Waals surface area contributed by atoms with Gasteiger partial charge in [-0.1, -0.05) is 13.8 Å². The Morgan fingerprint density at radius 3 is 2.35 bits per heavy atom. The van der Waals surface area contributed by atoms with Gasteiger partial charge in [0.15, 0.2) is 0 Å². The molecule has 1 unspecified atom stereocenters. The first-order valence-corrected chi connectivity index (χ1v) is 6.68. The lowest BCUT2D eigenvalue weighted by Crippen LogP contribution is -2.43. The Morgan fingerprint density at radius 2 is 1.88 bits per heavy atom. The zero-order chi connectivity index (χ0) is 11.5. The molecule has 0 spiro atoms. The third-order valence-corrected chi connectivity index (χ3v) is 4.20. The summed E-state index contributed by atoms with van der Waals surface area (Å²) in [6.45, 7) is 8.46. The third kappa shape index (κ3) is 3.59. The van der Waals surface area contributed by atoms with Crippen LogP contribution in [-0.2, 0) is 4.79 Å². The van der Waals surface area contributed by atoms with Crippen LogP contribution in [-0.4, -0.2) is 37.0 Å². The average molecular weight is 261 g/mol. The molecule has 2 saturated heterocycles. The molecule has 1 amide bonds. The van der Waals surface area contributed by atoms with Gasteiger partial charge in [0.2, 0.25) is 5.91 Å². The van der Waals surface area contributed by atoms with Gasteiger partial charge >= 0.3 is 0 Å². The summed E-state index contributed by atoms with van der Waals surface area (Å²) in [5, 5.41) is 3.27. The zero-order valence-electron chi connectivity index (χ0n) is 10.9. The van der Waals surface area contributed by atoms with Gasteiger partial charge < -0.3 is 10.2 Å². The lowest BCUT2D eigenvalue weighted by atomic mass is 9.86. The topological polar surface area (TPSA) is 32.3 Å². The molecule has 2 fully saturated rings. The monoisotopic (exact) mass is 260 g/mol. The average Bonchev–Trinajstić information content (AvgIpc) is 2.81. The minimum absolute atomic E-state index is 0. The lowest BCUT2D eigenvalue weighted by Gasteiger charge is -2.35. The number of likely N-dealkylation sites (tertiary alicyclic amines) is 1. The van der Waals surface area contributed by atoms with E-state index >= 15 is 0 Å². The summed E-state index contributed by atoms with van der Waals surface area (Å²) < 4.78 is 0. The van der Waals surface area contributed by atoms with E-state index in [9.17, 15) is 4.79 Å². The van der Waals surface area contributed by atoms with Crippen molar-refractivity contribution in [1.82, 2.24) is 10.2 Å². The second-order valence-electron chi connectivity index (χ2n) is 5.60. The Bertz CT molecular complexity index is 244. The fourth-order valence-electron chi connectivity index (χ4n) is 2.91. The molecule has 2 aliphatic rings. The highest BCUT2D eigenvalue weighted by molar-refractivity contribution is 5.85. The van der Waals surface area contributed by atoms with Crippen molar-refractivity contribution in [2.45, 2.75) is 33.1 Å². The number of nitrogens with zero attached hydrogens (tertiary/aromatic N) is 1. The molecule has 4 heteroatoms. The Balaban J connectivity index is 0.00000144. The van der Waals surface area contributed by atoms with Crippen LogP contribution in [0.25, 0.3) is 0 Å². The van der Waals surface area contributed by atoms with Crippen LogP contribution in [0.3, 0.4) is 0 Å².